The van der Waals surface area contributed by atoms with Crippen molar-refractivity contribution < 1.29 is 10.2 Å². The minimum atomic E-state index is -0.214. The van der Waals surface area contributed by atoms with E-state index in [1.165, 1.54) is 38.5 Å². The molecular formula is C12H22MgO2. The van der Waals surface area contributed by atoms with E-state index >= 15 is 0 Å². The second kappa shape index (κ2) is 9.88. The molecule has 0 spiro atoms. The summed E-state index contributed by atoms with van der Waals surface area (Å²) < 4.78 is 0. The average molecular weight is 223 g/mol. The zero-order valence-electron chi connectivity index (χ0n) is 9.75. The molecule has 2 saturated carbocycles. The van der Waals surface area contributed by atoms with Gasteiger partial charge in [0, 0.05) is 0 Å². The van der Waals surface area contributed by atoms with Gasteiger partial charge in [0.2, 0.25) is 0 Å². The van der Waals surface area contributed by atoms with Gasteiger partial charge < -0.3 is 10.2 Å². The zero-order chi connectivity index (χ0) is 10.2. The molecular weight excluding hydrogens is 200 g/mol. The van der Waals surface area contributed by atoms with Crippen molar-refractivity contribution >= 4 is 23.1 Å². The minimum Gasteiger partial charge on any atom is -0.852 e. The summed E-state index contributed by atoms with van der Waals surface area (Å²) in [6.07, 6.45) is 10.6. The molecule has 15 heavy (non-hydrogen) atoms. The van der Waals surface area contributed by atoms with Gasteiger partial charge in [0.25, 0.3) is 0 Å². The Labute approximate surface area is 110 Å². The summed E-state index contributed by atoms with van der Waals surface area (Å²) in [7, 11) is 0. The Kier molecular flexibility index (Phi) is 10.3. The van der Waals surface area contributed by atoms with E-state index in [0.717, 1.165) is 25.7 Å². The van der Waals surface area contributed by atoms with Crippen LogP contribution in [0.5, 0.6) is 0 Å². The van der Waals surface area contributed by atoms with Crippen molar-refractivity contribution in [1.82, 2.24) is 0 Å². The minimum absolute atomic E-state index is 0. The van der Waals surface area contributed by atoms with Gasteiger partial charge >= 0.3 is 23.1 Å². The van der Waals surface area contributed by atoms with Gasteiger partial charge in [-0.3, -0.25) is 0 Å². The molecule has 0 aromatic carbocycles. The Morgan fingerprint density at radius 1 is 0.533 bits per heavy atom. The molecule has 0 heterocycles. The maximum atomic E-state index is 10.5. The Bertz CT molecular complexity index is 114. The molecule has 0 bridgehead atoms. The molecule has 3 heteroatoms. The van der Waals surface area contributed by atoms with Gasteiger partial charge in [-0.05, 0) is 0 Å². The fraction of sp³-hybridized carbons (Fsp3) is 1.00. The summed E-state index contributed by atoms with van der Waals surface area (Å²) in [6, 6.07) is 0. The standard InChI is InChI=1S/2C6H11O.Mg/c2*7-6-4-2-1-3-5-6;/h2*6H,1-5H2;/q2*-1;+2. The van der Waals surface area contributed by atoms with Crippen molar-refractivity contribution in [1.29, 1.82) is 0 Å². The topological polar surface area (TPSA) is 46.1 Å². The summed E-state index contributed by atoms with van der Waals surface area (Å²) in [6.45, 7) is 0. The van der Waals surface area contributed by atoms with Crippen molar-refractivity contribution in [2.24, 2.45) is 0 Å². The average Bonchev–Trinajstić information content (AvgIpc) is 2.21. The van der Waals surface area contributed by atoms with E-state index in [0.29, 0.717) is 0 Å². The van der Waals surface area contributed by atoms with Crippen LogP contribution in [0.15, 0.2) is 0 Å². The van der Waals surface area contributed by atoms with E-state index in [9.17, 15) is 10.2 Å². The molecule has 0 radical (unpaired) electrons. The molecule has 2 rings (SSSR count). The van der Waals surface area contributed by atoms with Crippen molar-refractivity contribution in [3.05, 3.63) is 0 Å². The SMILES string of the molecule is [Mg+2].[O-]C1CCCCC1.[O-]C1CCCCC1. The predicted octanol–water partition coefficient (Wildman–Crippen LogP) is 0.978. The quantitative estimate of drug-likeness (QED) is 0.574. The summed E-state index contributed by atoms with van der Waals surface area (Å²) in [5.41, 5.74) is 0. The molecule has 2 fully saturated rings. The molecule has 2 nitrogen and oxygen atoms in total. The second-order valence-corrected chi connectivity index (χ2v) is 4.52. The van der Waals surface area contributed by atoms with Gasteiger partial charge in [0.1, 0.15) is 0 Å². The van der Waals surface area contributed by atoms with Gasteiger partial charge in [0.05, 0.1) is 0 Å². The number of hydrogen-bond acceptors (Lipinski definition) is 2. The first-order chi connectivity index (χ1) is 6.79. The molecule has 0 unspecified atom stereocenters. The Balaban J connectivity index is 0.000000245. The van der Waals surface area contributed by atoms with E-state index in [2.05, 4.69) is 0 Å². The van der Waals surface area contributed by atoms with Crippen LogP contribution in [0.3, 0.4) is 0 Å². The first kappa shape index (κ1) is 15.7. The Hall–Kier alpha value is 0.686. The molecule has 2 aliphatic rings. The van der Waals surface area contributed by atoms with E-state index in [-0.39, 0.29) is 35.3 Å². The first-order valence-corrected chi connectivity index (χ1v) is 6.10. The van der Waals surface area contributed by atoms with Crippen LogP contribution in [-0.2, 0) is 0 Å². The van der Waals surface area contributed by atoms with Gasteiger partial charge in [0.15, 0.2) is 0 Å². The molecule has 0 aromatic heterocycles. The van der Waals surface area contributed by atoms with Gasteiger partial charge in [-0.1, -0.05) is 64.2 Å². The van der Waals surface area contributed by atoms with Gasteiger partial charge in [-0.2, -0.15) is 0 Å². The van der Waals surface area contributed by atoms with E-state index in [4.69, 9.17) is 0 Å². The first-order valence-electron chi connectivity index (χ1n) is 6.10. The molecule has 84 valence electrons. The van der Waals surface area contributed by atoms with Crippen molar-refractivity contribution in [2.45, 2.75) is 76.4 Å². The van der Waals surface area contributed by atoms with Crippen molar-refractivity contribution in [2.75, 3.05) is 0 Å². The zero-order valence-corrected chi connectivity index (χ0v) is 11.2. The van der Waals surface area contributed by atoms with Crippen LogP contribution >= 0.6 is 0 Å². The maximum Gasteiger partial charge on any atom is 2.00 e. The third-order valence-electron chi connectivity index (χ3n) is 3.10. The van der Waals surface area contributed by atoms with Crippen LogP contribution in [0.4, 0.5) is 0 Å². The van der Waals surface area contributed by atoms with Gasteiger partial charge in [-0.25, -0.2) is 0 Å². The Morgan fingerprint density at radius 2 is 0.800 bits per heavy atom. The van der Waals surface area contributed by atoms with Crippen molar-refractivity contribution in [3.63, 3.8) is 0 Å². The molecule has 0 N–H and O–H groups in total. The largest absolute Gasteiger partial charge is 2.00 e. The van der Waals surface area contributed by atoms with Crippen LogP contribution in [0.1, 0.15) is 64.2 Å². The molecule has 2 aliphatic carbocycles. The van der Waals surface area contributed by atoms with Crippen LogP contribution in [-0.4, -0.2) is 35.3 Å². The summed E-state index contributed by atoms with van der Waals surface area (Å²) in [5, 5.41) is 21.1. The number of hydrogen-bond donors (Lipinski definition) is 0. The fourth-order valence-corrected chi connectivity index (χ4v) is 2.13. The summed E-state index contributed by atoms with van der Waals surface area (Å²) in [4.78, 5) is 0. The monoisotopic (exact) mass is 222 g/mol. The Morgan fingerprint density at radius 3 is 0.933 bits per heavy atom. The predicted molar refractivity (Wildman–Crippen MR) is 59.5 cm³/mol. The maximum absolute atomic E-state index is 10.5. The van der Waals surface area contributed by atoms with Crippen molar-refractivity contribution in [3.8, 4) is 0 Å². The van der Waals surface area contributed by atoms with E-state index < -0.39 is 0 Å². The molecule has 0 saturated heterocycles. The molecule has 0 amide bonds. The van der Waals surface area contributed by atoms with Crippen LogP contribution < -0.4 is 10.2 Å². The summed E-state index contributed by atoms with van der Waals surface area (Å²) >= 11 is 0. The van der Waals surface area contributed by atoms with E-state index in [1.807, 2.05) is 0 Å². The van der Waals surface area contributed by atoms with E-state index in [1.54, 1.807) is 0 Å². The molecule has 0 atom stereocenters. The number of rotatable bonds is 0. The van der Waals surface area contributed by atoms with Crippen LogP contribution in [0, 0.1) is 0 Å². The fourth-order valence-electron chi connectivity index (χ4n) is 2.13. The van der Waals surface area contributed by atoms with Crippen LogP contribution in [0.25, 0.3) is 0 Å². The molecule has 0 aliphatic heterocycles. The third-order valence-corrected chi connectivity index (χ3v) is 3.10. The third kappa shape index (κ3) is 8.49. The summed E-state index contributed by atoms with van der Waals surface area (Å²) in [5.74, 6) is 0. The van der Waals surface area contributed by atoms with Crippen LogP contribution in [0.2, 0.25) is 0 Å². The molecule has 0 aromatic rings. The normalized spacial score (nSPS) is 23.6. The second-order valence-electron chi connectivity index (χ2n) is 4.52. The smallest absolute Gasteiger partial charge is 0.852 e. The van der Waals surface area contributed by atoms with Gasteiger partial charge in [-0.15, -0.1) is 12.2 Å².